The summed E-state index contributed by atoms with van der Waals surface area (Å²) >= 11 is 2.91. The number of nitrogens with two attached hydrogens (primary N) is 1. The summed E-state index contributed by atoms with van der Waals surface area (Å²) in [7, 11) is 0. The third kappa shape index (κ3) is 1.82. The monoisotopic (exact) mass is 249 g/mol. The summed E-state index contributed by atoms with van der Waals surface area (Å²) in [6, 6.07) is 1.14. The normalized spacial score (nSPS) is 10.9. The lowest BCUT2D eigenvalue weighted by Gasteiger charge is -2.11. The summed E-state index contributed by atoms with van der Waals surface area (Å²) in [6.07, 6.45) is 0. The van der Waals surface area contributed by atoms with E-state index in [4.69, 9.17) is 5.73 Å². The maximum absolute atomic E-state index is 12.9. The fourth-order valence-electron chi connectivity index (χ4n) is 1.11. The fraction of sp³-hybridized carbons (Fsp3) is 0.333. The summed E-state index contributed by atoms with van der Waals surface area (Å²) in [5.41, 5.74) is 6.49. The zero-order valence-electron chi connectivity index (χ0n) is 7.37. The van der Waals surface area contributed by atoms with E-state index in [0.717, 1.165) is 6.07 Å². The van der Waals surface area contributed by atoms with Crippen molar-refractivity contribution in [3.8, 4) is 0 Å². The number of halogens is 3. The average molecular weight is 250 g/mol. The molecular weight excluding hydrogens is 240 g/mol. The number of benzene rings is 1. The van der Waals surface area contributed by atoms with E-state index >= 15 is 0 Å². The molecule has 0 unspecified atom stereocenters. The minimum atomic E-state index is -0.929. The maximum atomic E-state index is 12.9. The van der Waals surface area contributed by atoms with Crippen molar-refractivity contribution < 1.29 is 8.78 Å². The highest BCUT2D eigenvalue weighted by atomic mass is 79.9. The molecule has 0 saturated carbocycles. The van der Waals surface area contributed by atoms with Crippen molar-refractivity contribution in [2.75, 3.05) is 5.73 Å². The summed E-state index contributed by atoms with van der Waals surface area (Å²) in [5.74, 6) is -1.72. The van der Waals surface area contributed by atoms with Crippen LogP contribution in [0.15, 0.2) is 10.5 Å². The van der Waals surface area contributed by atoms with Gasteiger partial charge in [0.05, 0.1) is 10.2 Å². The lowest BCUT2D eigenvalue weighted by Crippen LogP contribution is -2.01. The van der Waals surface area contributed by atoms with Crippen molar-refractivity contribution in [2.45, 2.75) is 19.8 Å². The molecule has 1 rings (SSSR count). The van der Waals surface area contributed by atoms with Crippen LogP contribution in [0.25, 0.3) is 0 Å². The zero-order chi connectivity index (χ0) is 10.2. The van der Waals surface area contributed by atoms with E-state index < -0.39 is 11.6 Å². The van der Waals surface area contributed by atoms with Crippen LogP contribution in [0.1, 0.15) is 25.3 Å². The van der Waals surface area contributed by atoms with Gasteiger partial charge in [0.2, 0.25) is 0 Å². The Labute approximate surface area is 84.1 Å². The molecule has 0 bridgehead atoms. The van der Waals surface area contributed by atoms with E-state index in [1.165, 1.54) is 0 Å². The van der Waals surface area contributed by atoms with Crippen LogP contribution < -0.4 is 5.73 Å². The van der Waals surface area contributed by atoms with Crippen LogP contribution in [0.2, 0.25) is 0 Å². The summed E-state index contributed by atoms with van der Waals surface area (Å²) in [5, 5.41) is 0. The summed E-state index contributed by atoms with van der Waals surface area (Å²) in [6.45, 7) is 3.74. The van der Waals surface area contributed by atoms with Crippen LogP contribution in [0, 0.1) is 11.6 Å². The topological polar surface area (TPSA) is 26.0 Å². The summed E-state index contributed by atoms with van der Waals surface area (Å²) < 4.78 is 25.9. The Bertz CT molecular complexity index is 337. The molecule has 1 nitrogen and oxygen atoms in total. The molecule has 0 heterocycles. The van der Waals surface area contributed by atoms with Crippen LogP contribution in [0.4, 0.5) is 14.5 Å². The van der Waals surface area contributed by atoms with Gasteiger partial charge in [-0.1, -0.05) is 13.8 Å². The minimum absolute atomic E-state index is 0.0104. The first-order valence-electron chi connectivity index (χ1n) is 3.88. The highest BCUT2D eigenvalue weighted by Crippen LogP contribution is 2.32. The van der Waals surface area contributed by atoms with E-state index in [0.29, 0.717) is 5.56 Å². The van der Waals surface area contributed by atoms with Gasteiger partial charge in [-0.05, 0) is 33.5 Å². The van der Waals surface area contributed by atoms with Crippen LogP contribution in [0.5, 0.6) is 0 Å². The summed E-state index contributed by atoms with van der Waals surface area (Å²) in [4.78, 5) is 0. The third-order valence-corrected chi connectivity index (χ3v) is 2.63. The van der Waals surface area contributed by atoms with Gasteiger partial charge in [0, 0.05) is 0 Å². The van der Waals surface area contributed by atoms with E-state index in [-0.39, 0.29) is 16.1 Å². The Morgan fingerprint density at radius 2 is 1.92 bits per heavy atom. The van der Waals surface area contributed by atoms with Gasteiger partial charge in [-0.2, -0.15) is 0 Å². The van der Waals surface area contributed by atoms with Gasteiger partial charge in [-0.15, -0.1) is 0 Å². The van der Waals surface area contributed by atoms with Crippen molar-refractivity contribution in [3.63, 3.8) is 0 Å². The van der Waals surface area contributed by atoms with E-state index in [1.807, 2.05) is 13.8 Å². The Balaban J connectivity index is 3.41. The minimum Gasteiger partial charge on any atom is -0.397 e. The molecule has 1 aromatic rings. The molecule has 0 saturated heterocycles. The first kappa shape index (κ1) is 10.4. The zero-order valence-corrected chi connectivity index (χ0v) is 8.95. The van der Waals surface area contributed by atoms with Gasteiger partial charge in [-0.3, -0.25) is 0 Å². The molecule has 0 radical (unpaired) electrons. The Morgan fingerprint density at radius 3 is 2.38 bits per heavy atom. The standard InChI is InChI=1S/C9H10BrF2N/c1-4(2)5-3-6(11)8(12)7(10)9(5)13/h3-4H,13H2,1-2H3. The number of rotatable bonds is 1. The number of hydrogen-bond acceptors (Lipinski definition) is 1. The second kappa shape index (κ2) is 3.62. The Morgan fingerprint density at radius 1 is 1.38 bits per heavy atom. The molecule has 0 aromatic heterocycles. The number of anilines is 1. The molecule has 0 aliphatic rings. The molecule has 72 valence electrons. The van der Waals surface area contributed by atoms with E-state index in [9.17, 15) is 8.78 Å². The second-order valence-electron chi connectivity index (χ2n) is 3.14. The molecule has 4 heteroatoms. The maximum Gasteiger partial charge on any atom is 0.175 e. The molecule has 13 heavy (non-hydrogen) atoms. The van der Waals surface area contributed by atoms with Crippen molar-refractivity contribution >= 4 is 21.6 Å². The molecule has 0 fully saturated rings. The lowest BCUT2D eigenvalue weighted by molar-refractivity contribution is 0.502. The average Bonchev–Trinajstić information content (AvgIpc) is 2.07. The first-order valence-corrected chi connectivity index (χ1v) is 4.67. The largest absolute Gasteiger partial charge is 0.397 e. The highest BCUT2D eigenvalue weighted by Gasteiger charge is 2.15. The van der Waals surface area contributed by atoms with Crippen molar-refractivity contribution in [2.24, 2.45) is 0 Å². The smallest absolute Gasteiger partial charge is 0.175 e. The molecule has 0 aliphatic carbocycles. The molecule has 0 atom stereocenters. The lowest BCUT2D eigenvalue weighted by atomic mass is 10.0. The van der Waals surface area contributed by atoms with Gasteiger partial charge in [0.15, 0.2) is 11.6 Å². The first-order chi connectivity index (χ1) is 5.95. The van der Waals surface area contributed by atoms with Crippen molar-refractivity contribution in [1.82, 2.24) is 0 Å². The van der Waals surface area contributed by atoms with Crippen molar-refractivity contribution in [3.05, 3.63) is 27.7 Å². The van der Waals surface area contributed by atoms with Crippen LogP contribution >= 0.6 is 15.9 Å². The molecule has 2 N–H and O–H groups in total. The molecular formula is C9H10BrF2N. The molecule has 0 aliphatic heterocycles. The van der Waals surface area contributed by atoms with Gasteiger partial charge < -0.3 is 5.73 Å². The van der Waals surface area contributed by atoms with Gasteiger partial charge in [0.25, 0.3) is 0 Å². The van der Waals surface area contributed by atoms with Gasteiger partial charge in [0.1, 0.15) is 0 Å². The predicted octanol–water partition coefficient (Wildman–Crippen LogP) is 3.43. The fourth-order valence-corrected chi connectivity index (χ4v) is 1.52. The van der Waals surface area contributed by atoms with Gasteiger partial charge in [-0.25, -0.2) is 8.78 Å². The van der Waals surface area contributed by atoms with Crippen LogP contribution in [-0.2, 0) is 0 Å². The van der Waals surface area contributed by atoms with E-state index in [1.54, 1.807) is 0 Å². The van der Waals surface area contributed by atoms with Crippen molar-refractivity contribution in [1.29, 1.82) is 0 Å². The number of hydrogen-bond donors (Lipinski definition) is 1. The predicted molar refractivity (Wildman–Crippen MR) is 52.6 cm³/mol. The SMILES string of the molecule is CC(C)c1cc(F)c(F)c(Br)c1N. The van der Waals surface area contributed by atoms with Crippen LogP contribution in [0.3, 0.4) is 0 Å². The Kier molecular flexibility index (Phi) is 2.91. The van der Waals surface area contributed by atoms with Crippen LogP contribution in [-0.4, -0.2) is 0 Å². The number of nitrogen functional groups attached to an aromatic ring is 1. The molecule has 0 amide bonds. The van der Waals surface area contributed by atoms with Gasteiger partial charge >= 0.3 is 0 Å². The van der Waals surface area contributed by atoms with E-state index in [2.05, 4.69) is 15.9 Å². The third-order valence-electron chi connectivity index (χ3n) is 1.85. The quantitative estimate of drug-likeness (QED) is 0.599. The Hall–Kier alpha value is -0.640. The second-order valence-corrected chi connectivity index (χ2v) is 3.94. The molecule has 0 spiro atoms. The highest BCUT2D eigenvalue weighted by molar-refractivity contribution is 9.10. The molecule has 1 aromatic carbocycles.